The van der Waals surface area contributed by atoms with E-state index >= 15 is 0 Å². The lowest BCUT2D eigenvalue weighted by atomic mass is 9.93. The molecule has 0 radical (unpaired) electrons. The van der Waals surface area contributed by atoms with Gasteiger partial charge in [0.1, 0.15) is 12.4 Å². The van der Waals surface area contributed by atoms with Crippen LogP contribution < -0.4 is 15.8 Å². The Morgan fingerprint density at radius 3 is 3.00 bits per heavy atom. The van der Waals surface area contributed by atoms with Crippen molar-refractivity contribution >= 4 is 5.91 Å². The lowest BCUT2D eigenvalue weighted by Gasteiger charge is -2.29. The first-order valence-corrected chi connectivity index (χ1v) is 6.84. The minimum absolute atomic E-state index is 0.0428. The van der Waals surface area contributed by atoms with Crippen LogP contribution in [0, 0.1) is 6.92 Å². The number of nitrogens with one attached hydrogen (secondary N) is 1. The molecule has 0 saturated carbocycles. The van der Waals surface area contributed by atoms with Gasteiger partial charge in [0, 0.05) is 25.1 Å². The van der Waals surface area contributed by atoms with Crippen LogP contribution >= 0.6 is 0 Å². The molecule has 5 nitrogen and oxygen atoms in total. The van der Waals surface area contributed by atoms with Crippen LogP contribution in [0.4, 0.5) is 0 Å². The summed E-state index contributed by atoms with van der Waals surface area (Å²) >= 11 is 0. The summed E-state index contributed by atoms with van der Waals surface area (Å²) in [4.78, 5) is 11.7. The molecule has 5 heteroatoms. The second kappa shape index (κ2) is 6.24. The summed E-state index contributed by atoms with van der Waals surface area (Å²) in [6, 6.07) is 3.99. The number of aryl methyl sites for hydroxylation is 1. The molecule has 110 valence electrons. The lowest BCUT2D eigenvalue weighted by Crippen LogP contribution is -2.34. The lowest BCUT2D eigenvalue weighted by molar-refractivity contribution is -0.125. The van der Waals surface area contributed by atoms with E-state index in [1.807, 2.05) is 26.0 Å². The first-order valence-electron chi connectivity index (χ1n) is 6.84. The molecule has 0 aromatic heterocycles. The SMILES string of the molecule is COCC(=O)NC1CCOc2c(C)cc(C(C)N)cc21. The quantitative estimate of drug-likeness (QED) is 0.877. The molecule has 1 aliphatic heterocycles. The topological polar surface area (TPSA) is 73.6 Å². The number of benzene rings is 1. The Labute approximate surface area is 119 Å². The first-order chi connectivity index (χ1) is 9.52. The summed E-state index contributed by atoms with van der Waals surface area (Å²) in [5.41, 5.74) is 9.08. The van der Waals surface area contributed by atoms with Crippen molar-refractivity contribution < 1.29 is 14.3 Å². The third-order valence-electron chi connectivity index (χ3n) is 3.49. The Morgan fingerprint density at radius 1 is 1.60 bits per heavy atom. The molecule has 2 atom stereocenters. The van der Waals surface area contributed by atoms with E-state index < -0.39 is 0 Å². The minimum atomic E-state index is -0.116. The zero-order valence-corrected chi connectivity index (χ0v) is 12.2. The van der Waals surface area contributed by atoms with Crippen molar-refractivity contribution in [2.45, 2.75) is 32.4 Å². The minimum Gasteiger partial charge on any atom is -0.493 e. The molecule has 0 bridgehead atoms. The fourth-order valence-electron chi connectivity index (χ4n) is 2.50. The Hall–Kier alpha value is -1.59. The molecule has 1 amide bonds. The first kappa shape index (κ1) is 14.8. The van der Waals surface area contributed by atoms with E-state index in [9.17, 15) is 4.79 Å². The highest BCUT2D eigenvalue weighted by atomic mass is 16.5. The number of methoxy groups -OCH3 is 1. The summed E-state index contributed by atoms with van der Waals surface area (Å²) in [7, 11) is 1.51. The van der Waals surface area contributed by atoms with Crippen molar-refractivity contribution in [3.05, 3.63) is 28.8 Å². The van der Waals surface area contributed by atoms with Gasteiger partial charge in [0.15, 0.2) is 0 Å². The van der Waals surface area contributed by atoms with E-state index in [0.717, 1.165) is 28.9 Å². The number of amides is 1. The number of fused-ring (bicyclic) bond motifs is 1. The van der Waals surface area contributed by atoms with Crippen LogP contribution in [0.1, 0.15) is 42.1 Å². The highest BCUT2D eigenvalue weighted by Gasteiger charge is 2.25. The summed E-state index contributed by atoms with van der Waals surface area (Å²) in [6.45, 7) is 4.62. The maximum atomic E-state index is 11.7. The number of carbonyl (C=O) groups excluding carboxylic acids is 1. The zero-order valence-electron chi connectivity index (χ0n) is 12.2. The summed E-state index contributed by atoms with van der Waals surface area (Å²) in [5, 5.41) is 2.98. The van der Waals surface area contributed by atoms with Gasteiger partial charge in [0.2, 0.25) is 5.91 Å². The van der Waals surface area contributed by atoms with Crippen molar-refractivity contribution in [2.75, 3.05) is 20.3 Å². The molecule has 0 saturated heterocycles. The van der Waals surface area contributed by atoms with Crippen LogP contribution in [0.5, 0.6) is 5.75 Å². The third-order valence-corrected chi connectivity index (χ3v) is 3.49. The number of rotatable bonds is 4. The number of carbonyl (C=O) groups is 1. The van der Waals surface area contributed by atoms with Crippen LogP contribution in [-0.4, -0.2) is 26.2 Å². The van der Waals surface area contributed by atoms with Crippen molar-refractivity contribution in [1.29, 1.82) is 0 Å². The van der Waals surface area contributed by atoms with Crippen molar-refractivity contribution in [2.24, 2.45) is 5.73 Å². The van der Waals surface area contributed by atoms with Crippen LogP contribution in [0.3, 0.4) is 0 Å². The number of nitrogens with two attached hydrogens (primary N) is 1. The van der Waals surface area contributed by atoms with Gasteiger partial charge in [-0.1, -0.05) is 6.07 Å². The number of hydrogen-bond acceptors (Lipinski definition) is 4. The fraction of sp³-hybridized carbons (Fsp3) is 0.533. The van der Waals surface area contributed by atoms with Crippen molar-refractivity contribution in [3.63, 3.8) is 0 Å². The van der Waals surface area contributed by atoms with Gasteiger partial charge in [-0.05, 0) is 31.0 Å². The molecule has 20 heavy (non-hydrogen) atoms. The monoisotopic (exact) mass is 278 g/mol. The molecule has 1 heterocycles. The van der Waals surface area contributed by atoms with E-state index in [1.54, 1.807) is 0 Å². The maximum Gasteiger partial charge on any atom is 0.246 e. The molecule has 0 fully saturated rings. The highest BCUT2D eigenvalue weighted by molar-refractivity contribution is 5.78. The Bertz CT molecular complexity index is 500. The van der Waals surface area contributed by atoms with Crippen molar-refractivity contribution in [1.82, 2.24) is 5.32 Å². The smallest absolute Gasteiger partial charge is 0.246 e. The third kappa shape index (κ3) is 3.11. The number of hydrogen-bond donors (Lipinski definition) is 2. The zero-order chi connectivity index (χ0) is 14.7. The van der Waals surface area contributed by atoms with Gasteiger partial charge in [0.05, 0.1) is 12.6 Å². The molecular formula is C15H22N2O3. The molecule has 1 aromatic rings. The van der Waals surface area contributed by atoms with Crippen LogP contribution in [0.15, 0.2) is 12.1 Å². The van der Waals surface area contributed by atoms with Gasteiger partial charge in [-0.2, -0.15) is 0 Å². The van der Waals surface area contributed by atoms with Crippen molar-refractivity contribution in [3.8, 4) is 5.75 Å². The van der Waals surface area contributed by atoms with Gasteiger partial charge in [-0.25, -0.2) is 0 Å². The average molecular weight is 278 g/mol. The van der Waals surface area contributed by atoms with E-state index in [1.165, 1.54) is 7.11 Å². The molecule has 2 rings (SSSR count). The van der Waals surface area contributed by atoms with Gasteiger partial charge >= 0.3 is 0 Å². The summed E-state index contributed by atoms with van der Waals surface area (Å²) in [5.74, 6) is 0.748. The van der Waals surface area contributed by atoms with Gasteiger partial charge in [-0.15, -0.1) is 0 Å². The standard InChI is InChI=1S/C15H22N2O3/c1-9-6-11(10(2)16)7-12-13(4-5-20-15(9)12)17-14(18)8-19-3/h6-7,10,13H,4-5,8,16H2,1-3H3,(H,17,18). The van der Waals surface area contributed by atoms with Gasteiger partial charge in [-0.3, -0.25) is 4.79 Å². The van der Waals surface area contributed by atoms with Gasteiger partial charge in [0.25, 0.3) is 0 Å². The van der Waals surface area contributed by atoms with Crippen LogP contribution in [-0.2, 0) is 9.53 Å². The Morgan fingerprint density at radius 2 is 2.35 bits per heavy atom. The second-order valence-electron chi connectivity index (χ2n) is 5.24. The predicted octanol–water partition coefficient (Wildman–Crippen LogP) is 1.60. The maximum absolute atomic E-state index is 11.7. The average Bonchev–Trinajstić information content (AvgIpc) is 2.39. The Kier molecular flexibility index (Phi) is 4.62. The van der Waals surface area contributed by atoms with E-state index in [-0.39, 0.29) is 24.6 Å². The highest BCUT2D eigenvalue weighted by Crippen LogP contribution is 2.36. The second-order valence-corrected chi connectivity index (χ2v) is 5.24. The molecule has 3 N–H and O–H groups in total. The van der Waals surface area contributed by atoms with E-state index in [2.05, 4.69) is 5.32 Å². The van der Waals surface area contributed by atoms with Crippen LogP contribution in [0.25, 0.3) is 0 Å². The molecule has 0 spiro atoms. The largest absolute Gasteiger partial charge is 0.493 e. The molecule has 1 aromatic carbocycles. The normalized spacial score (nSPS) is 18.9. The Balaban J connectivity index is 2.31. The molecule has 0 aliphatic carbocycles. The van der Waals surface area contributed by atoms with Gasteiger partial charge < -0.3 is 20.5 Å². The summed E-state index contributed by atoms with van der Waals surface area (Å²) < 4.78 is 10.6. The number of ether oxygens (including phenoxy) is 2. The molecular weight excluding hydrogens is 256 g/mol. The van der Waals surface area contributed by atoms with Crippen LogP contribution in [0.2, 0.25) is 0 Å². The predicted molar refractivity (Wildman–Crippen MR) is 76.7 cm³/mol. The molecule has 1 aliphatic rings. The van der Waals surface area contributed by atoms with E-state index in [0.29, 0.717) is 6.61 Å². The fourth-order valence-corrected chi connectivity index (χ4v) is 2.50. The molecule has 2 unspecified atom stereocenters. The summed E-state index contributed by atoms with van der Waals surface area (Å²) in [6.07, 6.45) is 0.754. The van der Waals surface area contributed by atoms with E-state index in [4.69, 9.17) is 15.2 Å².